The first-order valence-electron chi connectivity index (χ1n) is 10.2. The molecule has 0 fully saturated rings. The number of aliphatic hydroxyl groups excluding tert-OH is 1. The fourth-order valence-electron chi connectivity index (χ4n) is 3.56. The second kappa shape index (κ2) is 9.12. The Morgan fingerprint density at radius 1 is 1.13 bits per heavy atom. The lowest BCUT2D eigenvalue weighted by atomic mass is 9.92. The van der Waals surface area contributed by atoms with E-state index in [1.807, 2.05) is 13.8 Å². The number of aromatic nitrogens is 1. The SMILES string of the molecule is CC(C)CC(=O)C1=C(O)C(=O)N(c2cccc(C(=O)OC(C)C)c2)C1c1ccncc1. The Kier molecular flexibility index (Phi) is 6.53. The molecule has 2 heterocycles. The molecule has 3 rings (SSSR count). The van der Waals surface area contributed by atoms with E-state index in [4.69, 9.17) is 4.74 Å². The van der Waals surface area contributed by atoms with Crippen LogP contribution in [-0.2, 0) is 14.3 Å². The van der Waals surface area contributed by atoms with Crippen LogP contribution in [0.4, 0.5) is 5.69 Å². The van der Waals surface area contributed by atoms with Gasteiger partial charge in [-0.25, -0.2) is 4.79 Å². The summed E-state index contributed by atoms with van der Waals surface area (Å²) in [5.41, 5.74) is 1.34. The molecule has 7 nitrogen and oxygen atoms in total. The number of amides is 1. The first kappa shape index (κ1) is 22.2. The quantitative estimate of drug-likeness (QED) is 0.673. The average Bonchev–Trinajstić information content (AvgIpc) is 2.99. The predicted molar refractivity (Wildman–Crippen MR) is 116 cm³/mol. The normalized spacial score (nSPS) is 16.4. The lowest BCUT2D eigenvalue weighted by molar-refractivity contribution is -0.118. The van der Waals surface area contributed by atoms with Crippen molar-refractivity contribution in [2.75, 3.05) is 4.90 Å². The van der Waals surface area contributed by atoms with Gasteiger partial charge in [0.15, 0.2) is 11.5 Å². The number of rotatable bonds is 7. The zero-order valence-electron chi connectivity index (χ0n) is 18.0. The first-order valence-corrected chi connectivity index (χ1v) is 10.2. The fourth-order valence-corrected chi connectivity index (χ4v) is 3.56. The van der Waals surface area contributed by atoms with Gasteiger partial charge in [-0.1, -0.05) is 19.9 Å². The van der Waals surface area contributed by atoms with Gasteiger partial charge in [0.1, 0.15) is 0 Å². The number of hydrogen-bond acceptors (Lipinski definition) is 6. The highest BCUT2D eigenvalue weighted by Gasteiger charge is 2.44. The Balaban J connectivity index is 2.09. The van der Waals surface area contributed by atoms with E-state index in [0.717, 1.165) is 0 Å². The number of carbonyl (C=O) groups excluding carboxylic acids is 3. The van der Waals surface area contributed by atoms with E-state index >= 15 is 0 Å². The molecular formula is C24H26N2O5. The van der Waals surface area contributed by atoms with E-state index < -0.39 is 23.7 Å². The maximum atomic E-state index is 13.1. The standard InChI is InChI=1S/C24H26N2O5/c1-14(2)12-19(27)20-21(16-8-10-25-11-9-16)26(23(29)22(20)28)18-7-5-6-17(13-18)24(30)31-15(3)4/h5-11,13-15,21,28H,12H2,1-4H3. The highest BCUT2D eigenvalue weighted by atomic mass is 16.5. The lowest BCUT2D eigenvalue weighted by Gasteiger charge is -2.27. The summed E-state index contributed by atoms with van der Waals surface area (Å²) in [7, 11) is 0. The van der Waals surface area contributed by atoms with Gasteiger partial charge in [-0.15, -0.1) is 0 Å². The molecule has 0 spiro atoms. The highest BCUT2D eigenvalue weighted by molar-refractivity contribution is 6.16. The number of ketones is 1. The summed E-state index contributed by atoms with van der Waals surface area (Å²) < 4.78 is 5.25. The minimum absolute atomic E-state index is 0.0556. The van der Waals surface area contributed by atoms with E-state index in [0.29, 0.717) is 11.3 Å². The van der Waals surface area contributed by atoms with Crippen LogP contribution < -0.4 is 4.90 Å². The van der Waals surface area contributed by atoms with Crippen molar-refractivity contribution in [3.63, 3.8) is 0 Å². The smallest absolute Gasteiger partial charge is 0.338 e. The highest BCUT2D eigenvalue weighted by Crippen LogP contribution is 2.41. The number of nitrogens with zero attached hydrogens (tertiary/aromatic N) is 2. The minimum atomic E-state index is -0.821. The molecule has 162 valence electrons. The van der Waals surface area contributed by atoms with Gasteiger partial charge in [0.25, 0.3) is 5.91 Å². The van der Waals surface area contributed by atoms with Crippen molar-refractivity contribution in [2.24, 2.45) is 5.92 Å². The molecule has 1 unspecified atom stereocenters. The molecule has 1 aliphatic heterocycles. The van der Waals surface area contributed by atoms with Crippen LogP contribution in [0.25, 0.3) is 0 Å². The van der Waals surface area contributed by atoms with Crippen LogP contribution in [-0.4, -0.2) is 33.9 Å². The van der Waals surface area contributed by atoms with E-state index in [-0.39, 0.29) is 35.4 Å². The molecular weight excluding hydrogens is 396 g/mol. The molecule has 1 aliphatic rings. The van der Waals surface area contributed by atoms with Crippen LogP contribution in [0.1, 0.15) is 56.1 Å². The van der Waals surface area contributed by atoms with Gasteiger partial charge in [0, 0.05) is 24.5 Å². The van der Waals surface area contributed by atoms with E-state index in [1.165, 1.54) is 11.0 Å². The van der Waals surface area contributed by atoms with Gasteiger partial charge in [0.2, 0.25) is 0 Å². The molecule has 2 aromatic rings. The number of aliphatic hydroxyl groups is 1. The second-order valence-corrected chi connectivity index (χ2v) is 8.15. The third-order valence-corrected chi connectivity index (χ3v) is 4.83. The van der Waals surface area contributed by atoms with Gasteiger partial charge in [-0.2, -0.15) is 0 Å². The molecule has 0 radical (unpaired) electrons. The number of anilines is 1. The van der Waals surface area contributed by atoms with Crippen molar-refractivity contribution >= 4 is 23.3 Å². The number of ether oxygens (including phenoxy) is 1. The van der Waals surface area contributed by atoms with Crippen molar-refractivity contribution in [3.8, 4) is 0 Å². The van der Waals surface area contributed by atoms with Crippen molar-refractivity contribution in [1.82, 2.24) is 4.98 Å². The monoisotopic (exact) mass is 422 g/mol. The minimum Gasteiger partial charge on any atom is -0.503 e. The van der Waals surface area contributed by atoms with Crippen molar-refractivity contribution in [1.29, 1.82) is 0 Å². The number of pyridine rings is 1. The maximum absolute atomic E-state index is 13.1. The lowest BCUT2D eigenvalue weighted by Crippen LogP contribution is -2.31. The second-order valence-electron chi connectivity index (χ2n) is 8.15. The molecule has 1 amide bonds. The predicted octanol–water partition coefficient (Wildman–Crippen LogP) is 4.16. The summed E-state index contributed by atoms with van der Waals surface area (Å²) in [6.45, 7) is 7.30. The maximum Gasteiger partial charge on any atom is 0.338 e. The number of benzene rings is 1. The molecule has 1 N–H and O–H groups in total. The number of hydrogen-bond donors (Lipinski definition) is 1. The molecule has 0 bridgehead atoms. The molecule has 1 aromatic heterocycles. The van der Waals surface area contributed by atoms with Gasteiger partial charge in [0.05, 0.1) is 23.3 Å². The molecule has 0 saturated heterocycles. The Morgan fingerprint density at radius 3 is 2.42 bits per heavy atom. The Bertz CT molecular complexity index is 1030. The Hall–Kier alpha value is -3.48. The zero-order chi connectivity index (χ0) is 22.7. The van der Waals surface area contributed by atoms with Crippen LogP contribution in [0, 0.1) is 5.92 Å². The van der Waals surface area contributed by atoms with Gasteiger partial charge in [-0.3, -0.25) is 19.5 Å². The van der Waals surface area contributed by atoms with E-state index in [1.54, 1.807) is 56.6 Å². The number of carbonyl (C=O) groups is 3. The molecule has 0 aliphatic carbocycles. The summed E-state index contributed by atoms with van der Waals surface area (Å²) >= 11 is 0. The largest absolute Gasteiger partial charge is 0.503 e. The molecule has 7 heteroatoms. The van der Waals surface area contributed by atoms with Gasteiger partial charge >= 0.3 is 5.97 Å². The topological polar surface area (TPSA) is 96.8 Å². The zero-order valence-corrected chi connectivity index (χ0v) is 18.0. The summed E-state index contributed by atoms with van der Waals surface area (Å²) in [6, 6.07) is 8.98. The van der Waals surface area contributed by atoms with E-state index in [9.17, 15) is 19.5 Å². The van der Waals surface area contributed by atoms with Crippen molar-refractivity contribution in [2.45, 2.75) is 46.3 Å². The van der Waals surface area contributed by atoms with Crippen LogP contribution in [0.5, 0.6) is 0 Å². The van der Waals surface area contributed by atoms with Crippen molar-refractivity contribution < 1.29 is 24.2 Å². The van der Waals surface area contributed by atoms with Crippen LogP contribution in [0.3, 0.4) is 0 Å². The van der Waals surface area contributed by atoms with Crippen LogP contribution in [0.2, 0.25) is 0 Å². The van der Waals surface area contributed by atoms with Gasteiger partial charge in [-0.05, 0) is 55.7 Å². The first-order chi connectivity index (χ1) is 14.7. The summed E-state index contributed by atoms with van der Waals surface area (Å²) in [5.74, 6) is -2.01. The van der Waals surface area contributed by atoms with E-state index in [2.05, 4.69) is 4.98 Å². The summed E-state index contributed by atoms with van der Waals surface area (Å²) in [5, 5.41) is 10.7. The number of esters is 1. The molecule has 1 atom stereocenters. The Morgan fingerprint density at radius 2 is 1.81 bits per heavy atom. The molecule has 0 saturated carbocycles. The van der Waals surface area contributed by atoms with Crippen LogP contribution in [0.15, 0.2) is 60.1 Å². The summed E-state index contributed by atoms with van der Waals surface area (Å²) in [6.07, 6.45) is 3.03. The molecule has 31 heavy (non-hydrogen) atoms. The summed E-state index contributed by atoms with van der Waals surface area (Å²) in [4.78, 5) is 43.8. The fraction of sp³-hybridized carbons (Fsp3) is 0.333. The van der Waals surface area contributed by atoms with Crippen LogP contribution >= 0.6 is 0 Å². The van der Waals surface area contributed by atoms with Crippen molar-refractivity contribution in [3.05, 3.63) is 71.3 Å². The number of Topliss-reactive ketones (excluding diaryl/α,β-unsaturated/α-hetero) is 1. The Labute approximate surface area is 181 Å². The molecule has 1 aromatic carbocycles. The van der Waals surface area contributed by atoms with Gasteiger partial charge < -0.3 is 9.84 Å². The third kappa shape index (κ3) is 4.66. The average molecular weight is 422 g/mol. The third-order valence-electron chi connectivity index (χ3n) is 4.83.